The predicted octanol–water partition coefficient (Wildman–Crippen LogP) is 2.07. The number of hydrogen-bond donors (Lipinski definition) is 3. The first-order valence-corrected chi connectivity index (χ1v) is 9.21. The summed E-state index contributed by atoms with van der Waals surface area (Å²) in [5.74, 6) is -1.21. The highest BCUT2D eigenvalue weighted by atomic mass is 16.5. The maximum Gasteiger partial charge on any atom is 0.408 e. The van der Waals surface area contributed by atoms with E-state index < -0.39 is 30.0 Å². The van der Waals surface area contributed by atoms with Gasteiger partial charge >= 0.3 is 6.09 Å². The van der Waals surface area contributed by atoms with E-state index in [2.05, 4.69) is 17.2 Å². The Morgan fingerprint density at radius 2 is 1.52 bits per heavy atom. The number of rotatable bonds is 10. The third-order valence-corrected chi connectivity index (χ3v) is 4.17. The van der Waals surface area contributed by atoms with E-state index in [0.29, 0.717) is 0 Å². The second-order valence-corrected chi connectivity index (χ2v) is 6.44. The molecule has 29 heavy (non-hydrogen) atoms. The first kappa shape index (κ1) is 21.7. The number of nitrogens with one attached hydrogen (secondary N) is 2. The molecule has 152 valence electrons. The Morgan fingerprint density at radius 3 is 2.07 bits per heavy atom. The van der Waals surface area contributed by atoms with Crippen molar-refractivity contribution in [3.8, 4) is 0 Å². The zero-order chi connectivity index (χ0) is 21.1. The molecule has 3 amide bonds. The van der Waals surface area contributed by atoms with E-state index in [1.165, 1.54) is 6.08 Å². The fraction of sp³-hybridized carbons (Fsp3) is 0.227. The quantitative estimate of drug-likeness (QED) is 0.535. The summed E-state index contributed by atoms with van der Waals surface area (Å²) in [5, 5.41) is 5.13. The molecule has 0 aliphatic heterocycles. The number of ether oxygens (including phenoxy) is 1. The van der Waals surface area contributed by atoms with E-state index in [1.54, 1.807) is 0 Å². The SMILES string of the molecule is C=CC[C@H](NC(=O)[C@H](Cc1ccccc1)NC(=O)OCc1ccccc1)C(N)=O. The monoisotopic (exact) mass is 395 g/mol. The number of alkyl carbamates (subject to hydrolysis) is 1. The van der Waals surface area contributed by atoms with Crippen LogP contribution in [0.4, 0.5) is 4.79 Å². The lowest BCUT2D eigenvalue weighted by Crippen LogP contribution is -2.53. The molecule has 0 saturated heterocycles. The molecule has 2 aromatic rings. The fourth-order valence-electron chi connectivity index (χ4n) is 2.65. The van der Waals surface area contributed by atoms with E-state index in [0.717, 1.165) is 11.1 Å². The molecule has 0 heterocycles. The number of primary amides is 1. The van der Waals surface area contributed by atoms with Crippen molar-refractivity contribution in [3.63, 3.8) is 0 Å². The average molecular weight is 395 g/mol. The highest BCUT2D eigenvalue weighted by Gasteiger charge is 2.26. The average Bonchev–Trinajstić information content (AvgIpc) is 2.73. The van der Waals surface area contributed by atoms with Crippen molar-refractivity contribution < 1.29 is 19.1 Å². The molecule has 7 heteroatoms. The molecule has 0 aliphatic carbocycles. The lowest BCUT2D eigenvalue weighted by atomic mass is 10.0. The number of carbonyl (C=O) groups excluding carboxylic acids is 3. The molecule has 0 bridgehead atoms. The van der Waals surface area contributed by atoms with E-state index >= 15 is 0 Å². The highest BCUT2D eigenvalue weighted by Crippen LogP contribution is 2.06. The van der Waals surface area contributed by atoms with Gasteiger partial charge in [0, 0.05) is 6.42 Å². The van der Waals surface area contributed by atoms with Crippen molar-refractivity contribution >= 4 is 17.9 Å². The van der Waals surface area contributed by atoms with Crippen molar-refractivity contribution in [2.75, 3.05) is 0 Å². The standard InChI is InChI=1S/C22H25N3O4/c1-2-9-18(20(23)26)24-21(27)19(14-16-10-5-3-6-11-16)25-22(28)29-15-17-12-7-4-8-13-17/h2-8,10-13,18-19H,1,9,14-15H2,(H2,23,26)(H,24,27)(H,25,28)/t18-,19-/m0/s1. The van der Waals surface area contributed by atoms with Crippen LogP contribution < -0.4 is 16.4 Å². The Labute approximate surface area is 169 Å². The Kier molecular flexibility index (Phi) is 8.44. The van der Waals surface area contributed by atoms with Crippen molar-refractivity contribution in [1.29, 1.82) is 0 Å². The van der Waals surface area contributed by atoms with Crippen LogP contribution in [0.1, 0.15) is 17.5 Å². The summed E-state index contributed by atoms with van der Waals surface area (Å²) in [4.78, 5) is 36.5. The van der Waals surface area contributed by atoms with Crippen LogP contribution in [0.2, 0.25) is 0 Å². The van der Waals surface area contributed by atoms with Gasteiger partial charge in [-0.3, -0.25) is 9.59 Å². The molecule has 0 aromatic heterocycles. The van der Waals surface area contributed by atoms with E-state index in [-0.39, 0.29) is 19.4 Å². The number of nitrogens with two attached hydrogens (primary N) is 1. The van der Waals surface area contributed by atoms with E-state index in [4.69, 9.17) is 10.5 Å². The molecule has 2 atom stereocenters. The summed E-state index contributed by atoms with van der Waals surface area (Å²) in [7, 11) is 0. The number of hydrogen-bond acceptors (Lipinski definition) is 4. The fourth-order valence-corrected chi connectivity index (χ4v) is 2.65. The van der Waals surface area contributed by atoms with E-state index in [1.807, 2.05) is 60.7 Å². The van der Waals surface area contributed by atoms with Gasteiger partial charge in [0.2, 0.25) is 11.8 Å². The van der Waals surface area contributed by atoms with Crippen molar-refractivity contribution in [2.45, 2.75) is 31.5 Å². The molecule has 0 fully saturated rings. The van der Waals surface area contributed by atoms with Crippen molar-refractivity contribution in [3.05, 3.63) is 84.4 Å². The zero-order valence-corrected chi connectivity index (χ0v) is 16.0. The molecule has 0 radical (unpaired) electrons. The summed E-state index contributed by atoms with van der Waals surface area (Å²) in [6.45, 7) is 3.63. The molecule has 0 spiro atoms. The summed E-state index contributed by atoms with van der Waals surface area (Å²) < 4.78 is 5.21. The lowest BCUT2D eigenvalue weighted by molar-refractivity contribution is -0.128. The summed E-state index contributed by atoms with van der Waals surface area (Å²) in [6, 6.07) is 16.6. The van der Waals surface area contributed by atoms with Gasteiger partial charge < -0.3 is 21.1 Å². The van der Waals surface area contributed by atoms with Gasteiger partial charge in [0.15, 0.2) is 0 Å². The van der Waals surface area contributed by atoms with Gasteiger partial charge in [-0.05, 0) is 17.5 Å². The number of amides is 3. The molecule has 7 nitrogen and oxygen atoms in total. The Bertz CT molecular complexity index is 824. The normalized spacial score (nSPS) is 12.3. The molecule has 0 unspecified atom stereocenters. The lowest BCUT2D eigenvalue weighted by Gasteiger charge is -2.21. The van der Waals surface area contributed by atoms with Crippen LogP contribution in [0.5, 0.6) is 0 Å². The van der Waals surface area contributed by atoms with Gasteiger partial charge in [-0.2, -0.15) is 0 Å². The molecular weight excluding hydrogens is 370 g/mol. The molecule has 0 saturated carbocycles. The maximum atomic E-state index is 12.7. The second kappa shape index (κ2) is 11.3. The van der Waals surface area contributed by atoms with Crippen LogP contribution in [-0.4, -0.2) is 30.0 Å². The first-order chi connectivity index (χ1) is 14.0. The Balaban J connectivity index is 2.05. The molecule has 2 aromatic carbocycles. The maximum absolute atomic E-state index is 12.7. The van der Waals surface area contributed by atoms with Crippen molar-refractivity contribution in [2.24, 2.45) is 5.73 Å². The molecular formula is C22H25N3O4. The molecule has 0 aliphatic rings. The largest absolute Gasteiger partial charge is 0.445 e. The number of carbonyl (C=O) groups is 3. The van der Waals surface area contributed by atoms with E-state index in [9.17, 15) is 14.4 Å². The van der Waals surface area contributed by atoms with Gasteiger partial charge in [0.25, 0.3) is 0 Å². The molecule has 2 rings (SSSR count). The third kappa shape index (κ3) is 7.50. The van der Waals surface area contributed by atoms with Gasteiger partial charge in [-0.1, -0.05) is 66.7 Å². The minimum Gasteiger partial charge on any atom is -0.445 e. The second-order valence-electron chi connectivity index (χ2n) is 6.44. The predicted molar refractivity (Wildman–Crippen MR) is 110 cm³/mol. The summed E-state index contributed by atoms with van der Waals surface area (Å²) >= 11 is 0. The van der Waals surface area contributed by atoms with Crippen LogP contribution in [-0.2, 0) is 27.4 Å². The van der Waals surface area contributed by atoms with Crippen LogP contribution in [0.3, 0.4) is 0 Å². The summed E-state index contributed by atoms with van der Waals surface area (Å²) in [6.07, 6.45) is 1.18. The van der Waals surface area contributed by atoms with Gasteiger partial charge in [-0.25, -0.2) is 4.79 Å². The third-order valence-electron chi connectivity index (χ3n) is 4.17. The smallest absolute Gasteiger partial charge is 0.408 e. The summed E-state index contributed by atoms with van der Waals surface area (Å²) in [5.41, 5.74) is 6.99. The first-order valence-electron chi connectivity index (χ1n) is 9.21. The molecule has 4 N–H and O–H groups in total. The van der Waals surface area contributed by atoms with Crippen LogP contribution in [0.25, 0.3) is 0 Å². The van der Waals surface area contributed by atoms with Gasteiger partial charge in [0.05, 0.1) is 0 Å². The Morgan fingerprint density at radius 1 is 0.931 bits per heavy atom. The van der Waals surface area contributed by atoms with Crippen LogP contribution in [0.15, 0.2) is 73.3 Å². The van der Waals surface area contributed by atoms with Crippen molar-refractivity contribution in [1.82, 2.24) is 10.6 Å². The zero-order valence-electron chi connectivity index (χ0n) is 16.0. The van der Waals surface area contributed by atoms with Gasteiger partial charge in [-0.15, -0.1) is 6.58 Å². The van der Waals surface area contributed by atoms with Crippen LogP contribution >= 0.6 is 0 Å². The number of benzene rings is 2. The van der Waals surface area contributed by atoms with Crippen LogP contribution in [0, 0.1) is 0 Å². The minimum absolute atomic E-state index is 0.0761. The highest BCUT2D eigenvalue weighted by molar-refractivity contribution is 5.91. The van der Waals surface area contributed by atoms with Gasteiger partial charge in [0.1, 0.15) is 18.7 Å². The topological polar surface area (TPSA) is 111 Å². The Hall–Kier alpha value is -3.61. The minimum atomic E-state index is -0.938.